The van der Waals surface area contributed by atoms with Crippen LogP contribution >= 0.6 is 11.8 Å². The van der Waals surface area contributed by atoms with E-state index in [1.165, 1.54) is 0 Å². The first-order valence-electron chi connectivity index (χ1n) is 3.18. The van der Waals surface area contributed by atoms with Gasteiger partial charge in [-0.2, -0.15) is 11.8 Å². The van der Waals surface area contributed by atoms with Crippen LogP contribution in [0, 0.1) is 0 Å². The lowest BCUT2D eigenvalue weighted by Crippen LogP contribution is -2.45. The molecule has 0 aromatic carbocycles. The molecule has 4 N–H and O–H groups in total. The van der Waals surface area contributed by atoms with E-state index in [9.17, 15) is 4.79 Å². The van der Waals surface area contributed by atoms with E-state index in [1.54, 1.807) is 0 Å². The third-order valence-electron chi connectivity index (χ3n) is 1.40. The molecule has 0 spiro atoms. The van der Waals surface area contributed by atoms with E-state index in [2.05, 4.69) is 5.32 Å². The van der Waals surface area contributed by atoms with Crippen molar-refractivity contribution in [1.29, 1.82) is 0 Å². The molecule has 4 nitrogen and oxygen atoms in total. The molecular weight excluding hydrogens is 150 g/mol. The van der Waals surface area contributed by atoms with Gasteiger partial charge in [0, 0.05) is 11.8 Å². The quantitative estimate of drug-likeness (QED) is 0.280. The summed E-state index contributed by atoms with van der Waals surface area (Å²) >= 11 is 1.85. The number of nitrogens with one attached hydrogen (secondary N) is 2. The molecule has 10 heavy (non-hydrogen) atoms. The Morgan fingerprint density at radius 1 is 1.70 bits per heavy atom. The summed E-state index contributed by atoms with van der Waals surface area (Å²) in [5.74, 6) is 7.02. The van der Waals surface area contributed by atoms with Crippen molar-refractivity contribution in [2.75, 3.05) is 11.5 Å². The molecule has 1 saturated heterocycles. The van der Waals surface area contributed by atoms with Crippen molar-refractivity contribution in [3.8, 4) is 0 Å². The van der Waals surface area contributed by atoms with E-state index in [0.717, 1.165) is 17.9 Å². The smallest absolute Gasteiger partial charge is 0.329 e. The number of hydrogen-bond acceptors (Lipinski definition) is 3. The number of hydrazine groups is 1. The highest BCUT2D eigenvalue weighted by Gasteiger charge is 2.16. The van der Waals surface area contributed by atoms with Crippen LogP contribution in [0.4, 0.5) is 4.79 Å². The average molecular weight is 161 g/mol. The largest absolute Gasteiger partial charge is 0.333 e. The second kappa shape index (κ2) is 3.68. The zero-order valence-electron chi connectivity index (χ0n) is 5.59. The van der Waals surface area contributed by atoms with E-state index >= 15 is 0 Å². The van der Waals surface area contributed by atoms with Gasteiger partial charge in [0.15, 0.2) is 0 Å². The minimum atomic E-state index is -0.285. The highest BCUT2D eigenvalue weighted by atomic mass is 32.2. The number of thioether (sulfide) groups is 1. The molecule has 0 aromatic rings. The van der Waals surface area contributed by atoms with Gasteiger partial charge in [-0.25, -0.2) is 10.6 Å². The Labute approximate surface area is 63.9 Å². The number of amides is 2. The number of carbonyl (C=O) groups is 1. The van der Waals surface area contributed by atoms with E-state index in [4.69, 9.17) is 5.84 Å². The second-order valence-corrected chi connectivity index (χ2v) is 3.33. The van der Waals surface area contributed by atoms with Crippen molar-refractivity contribution in [2.45, 2.75) is 12.5 Å². The fourth-order valence-electron chi connectivity index (χ4n) is 0.875. The molecule has 58 valence electrons. The van der Waals surface area contributed by atoms with Gasteiger partial charge in [-0.1, -0.05) is 0 Å². The molecule has 1 fully saturated rings. The number of urea groups is 1. The van der Waals surface area contributed by atoms with Crippen LogP contribution < -0.4 is 16.6 Å². The van der Waals surface area contributed by atoms with Crippen molar-refractivity contribution < 1.29 is 4.79 Å². The van der Waals surface area contributed by atoms with Gasteiger partial charge in [0.1, 0.15) is 0 Å². The lowest BCUT2D eigenvalue weighted by molar-refractivity contribution is 0.238. The van der Waals surface area contributed by atoms with Gasteiger partial charge in [0.2, 0.25) is 0 Å². The molecule has 1 rings (SSSR count). The van der Waals surface area contributed by atoms with Gasteiger partial charge < -0.3 is 5.32 Å². The summed E-state index contributed by atoms with van der Waals surface area (Å²) in [4.78, 5) is 10.6. The molecule has 1 atom stereocenters. The van der Waals surface area contributed by atoms with Crippen molar-refractivity contribution in [3.63, 3.8) is 0 Å². The maximum atomic E-state index is 10.6. The summed E-state index contributed by atoms with van der Waals surface area (Å²) in [7, 11) is 0. The van der Waals surface area contributed by atoms with Gasteiger partial charge in [-0.3, -0.25) is 5.43 Å². The number of nitrogens with two attached hydrogens (primary N) is 1. The Kier molecular flexibility index (Phi) is 2.82. The molecule has 1 heterocycles. The maximum absolute atomic E-state index is 10.6. The number of hydrogen-bond donors (Lipinski definition) is 3. The average Bonchev–Trinajstić information content (AvgIpc) is 2.40. The normalized spacial score (nSPS) is 24.3. The molecule has 0 aromatic heterocycles. The molecule has 1 aliphatic rings. The standard InChI is InChI=1S/C5H11N3OS/c6-8-5(9)7-4-1-2-10-3-4/h4H,1-3,6H2,(H2,7,8,9). The molecule has 1 aliphatic heterocycles. The molecular formula is C5H11N3OS. The summed E-state index contributed by atoms with van der Waals surface area (Å²) in [6.07, 6.45) is 1.05. The van der Waals surface area contributed by atoms with E-state index in [1.807, 2.05) is 17.2 Å². The van der Waals surface area contributed by atoms with E-state index < -0.39 is 0 Å². The first kappa shape index (κ1) is 7.68. The Bertz CT molecular complexity index is 124. The predicted molar refractivity (Wildman–Crippen MR) is 41.6 cm³/mol. The van der Waals surface area contributed by atoms with Gasteiger partial charge in [0.25, 0.3) is 0 Å². The van der Waals surface area contributed by atoms with Crippen LogP contribution in [0.1, 0.15) is 6.42 Å². The topological polar surface area (TPSA) is 67.1 Å². The minimum absolute atomic E-state index is 0.285. The summed E-state index contributed by atoms with van der Waals surface area (Å²) < 4.78 is 0. The SMILES string of the molecule is NNC(=O)NC1CCSC1. The second-order valence-electron chi connectivity index (χ2n) is 2.18. The van der Waals surface area contributed by atoms with Crippen molar-refractivity contribution in [2.24, 2.45) is 5.84 Å². The number of rotatable bonds is 1. The van der Waals surface area contributed by atoms with Crippen LogP contribution in [0.5, 0.6) is 0 Å². The predicted octanol–water partition coefficient (Wildman–Crippen LogP) is -0.335. The molecule has 2 amide bonds. The van der Waals surface area contributed by atoms with Gasteiger partial charge in [-0.05, 0) is 12.2 Å². The summed E-state index contributed by atoms with van der Waals surface area (Å²) in [6.45, 7) is 0. The molecule has 5 heteroatoms. The third-order valence-corrected chi connectivity index (χ3v) is 2.56. The Balaban J connectivity index is 2.17. The Morgan fingerprint density at radius 3 is 3.00 bits per heavy atom. The summed E-state index contributed by atoms with van der Waals surface area (Å²) in [5, 5.41) is 2.73. The molecule has 0 aliphatic carbocycles. The van der Waals surface area contributed by atoms with Crippen LogP contribution in [-0.2, 0) is 0 Å². The Hall–Kier alpha value is -0.420. The van der Waals surface area contributed by atoms with Gasteiger partial charge in [-0.15, -0.1) is 0 Å². The minimum Gasteiger partial charge on any atom is -0.333 e. The zero-order chi connectivity index (χ0) is 7.40. The molecule has 0 saturated carbocycles. The summed E-state index contributed by atoms with van der Waals surface area (Å²) in [6, 6.07) is 0.0288. The molecule has 0 radical (unpaired) electrons. The third kappa shape index (κ3) is 2.07. The number of carbonyl (C=O) groups excluding carboxylic acids is 1. The zero-order valence-corrected chi connectivity index (χ0v) is 6.41. The molecule has 0 bridgehead atoms. The van der Waals surface area contributed by atoms with Crippen molar-refractivity contribution in [1.82, 2.24) is 10.7 Å². The fourth-order valence-corrected chi connectivity index (χ4v) is 2.03. The maximum Gasteiger partial charge on any atom is 0.329 e. The van der Waals surface area contributed by atoms with Crippen LogP contribution in [0.3, 0.4) is 0 Å². The first-order chi connectivity index (χ1) is 4.83. The van der Waals surface area contributed by atoms with Crippen molar-refractivity contribution in [3.05, 3.63) is 0 Å². The van der Waals surface area contributed by atoms with Crippen LogP contribution in [-0.4, -0.2) is 23.6 Å². The van der Waals surface area contributed by atoms with Crippen LogP contribution in [0.15, 0.2) is 0 Å². The lowest BCUT2D eigenvalue weighted by atomic mass is 10.3. The highest BCUT2D eigenvalue weighted by Crippen LogP contribution is 2.16. The Morgan fingerprint density at radius 2 is 2.50 bits per heavy atom. The van der Waals surface area contributed by atoms with Gasteiger partial charge >= 0.3 is 6.03 Å². The van der Waals surface area contributed by atoms with Crippen LogP contribution in [0.25, 0.3) is 0 Å². The van der Waals surface area contributed by atoms with E-state index in [0.29, 0.717) is 6.04 Å². The van der Waals surface area contributed by atoms with E-state index in [-0.39, 0.29) is 6.03 Å². The van der Waals surface area contributed by atoms with Gasteiger partial charge in [0.05, 0.1) is 0 Å². The summed E-state index contributed by atoms with van der Waals surface area (Å²) in [5.41, 5.74) is 2.03. The molecule has 1 unspecified atom stereocenters. The fraction of sp³-hybridized carbons (Fsp3) is 0.800. The van der Waals surface area contributed by atoms with Crippen LogP contribution in [0.2, 0.25) is 0 Å². The monoisotopic (exact) mass is 161 g/mol. The first-order valence-corrected chi connectivity index (χ1v) is 4.33. The van der Waals surface area contributed by atoms with Crippen molar-refractivity contribution >= 4 is 17.8 Å². The lowest BCUT2D eigenvalue weighted by Gasteiger charge is -2.09. The highest BCUT2D eigenvalue weighted by molar-refractivity contribution is 7.99.